The van der Waals surface area contributed by atoms with Gasteiger partial charge in [-0.3, -0.25) is 19.0 Å². The van der Waals surface area contributed by atoms with Crippen LogP contribution in [0.4, 0.5) is 0 Å². The number of hydrogen-bond donors (Lipinski definition) is 1. The Kier molecular flexibility index (Phi) is 8.40. The Morgan fingerprint density at radius 3 is 2.23 bits per heavy atom. The van der Waals surface area contributed by atoms with Crippen LogP contribution in [0.2, 0.25) is 0 Å². The van der Waals surface area contributed by atoms with E-state index < -0.39 is 0 Å². The monoisotopic (exact) mass is 545 g/mol. The van der Waals surface area contributed by atoms with Crippen LogP contribution < -0.4 is 20.3 Å². The highest BCUT2D eigenvalue weighted by Gasteiger charge is 2.18. The third-order valence-electron chi connectivity index (χ3n) is 6.02. The van der Waals surface area contributed by atoms with Crippen LogP contribution in [-0.4, -0.2) is 47.3 Å². The molecule has 1 heterocycles. The zero-order valence-corrected chi connectivity index (χ0v) is 23.6. The second-order valence-electron chi connectivity index (χ2n) is 9.52. The number of rotatable bonds is 9. The molecule has 4 rings (SSSR count). The van der Waals surface area contributed by atoms with Crippen molar-refractivity contribution in [2.24, 2.45) is 0 Å². The quantitative estimate of drug-likeness (QED) is 0.177. The van der Waals surface area contributed by atoms with E-state index in [9.17, 15) is 14.4 Å². The highest BCUT2D eigenvalue weighted by molar-refractivity contribution is 7.99. The fraction of sp³-hybridized carbons (Fsp3) is 0.267. The molecule has 1 aromatic heterocycles. The lowest BCUT2D eigenvalue weighted by atomic mass is 10.1. The zero-order chi connectivity index (χ0) is 28.3. The van der Waals surface area contributed by atoms with Gasteiger partial charge in [0.2, 0.25) is 0 Å². The minimum atomic E-state index is -0.276. The molecule has 3 aromatic carbocycles. The van der Waals surface area contributed by atoms with Crippen molar-refractivity contribution >= 4 is 34.4 Å². The molecule has 0 aliphatic carbocycles. The van der Waals surface area contributed by atoms with Crippen LogP contribution in [0.25, 0.3) is 16.6 Å². The number of ether oxygens (including phenoxy) is 2. The largest absolute Gasteiger partial charge is 0.493 e. The van der Waals surface area contributed by atoms with E-state index in [0.29, 0.717) is 44.4 Å². The molecule has 1 N–H and O–H groups in total. The van der Waals surface area contributed by atoms with Gasteiger partial charge >= 0.3 is 0 Å². The molecule has 39 heavy (non-hydrogen) atoms. The summed E-state index contributed by atoms with van der Waals surface area (Å²) >= 11 is 1.16. The first-order valence-electron chi connectivity index (χ1n) is 12.5. The maximum atomic E-state index is 13.8. The molecular weight excluding hydrogens is 514 g/mol. The van der Waals surface area contributed by atoms with Crippen molar-refractivity contribution in [3.05, 3.63) is 87.2 Å². The molecule has 0 aliphatic heterocycles. The van der Waals surface area contributed by atoms with Gasteiger partial charge in [-0.05, 0) is 87.4 Å². The molecule has 0 spiro atoms. The molecule has 0 atom stereocenters. The van der Waals surface area contributed by atoms with Crippen molar-refractivity contribution in [2.45, 2.75) is 38.9 Å². The van der Waals surface area contributed by atoms with Crippen LogP contribution in [0.15, 0.2) is 64.5 Å². The van der Waals surface area contributed by atoms with Crippen molar-refractivity contribution in [3.8, 4) is 17.2 Å². The number of nitrogens with zero attached hydrogens (tertiary/aromatic N) is 2. The van der Waals surface area contributed by atoms with E-state index in [4.69, 9.17) is 14.5 Å². The predicted octanol–water partition coefficient (Wildman–Crippen LogP) is 5.13. The molecule has 0 aliphatic rings. The van der Waals surface area contributed by atoms with Crippen molar-refractivity contribution in [2.75, 3.05) is 20.0 Å². The molecule has 0 saturated heterocycles. The molecule has 0 fully saturated rings. The molecule has 8 nitrogen and oxygen atoms in total. The second kappa shape index (κ2) is 11.7. The van der Waals surface area contributed by atoms with Gasteiger partial charge in [0.05, 0.1) is 36.6 Å². The number of carbonyl (C=O) groups excluding carboxylic acids is 2. The van der Waals surface area contributed by atoms with Gasteiger partial charge in [0.25, 0.3) is 11.5 Å². The summed E-state index contributed by atoms with van der Waals surface area (Å²) in [7, 11) is 3.04. The summed E-state index contributed by atoms with van der Waals surface area (Å²) in [6.45, 7) is 7.68. The number of ketones is 1. The number of thioether (sulfide) groups is 1. The zero-order valence-electron chi connectivity index (χ0n) is 22.8. The maximum Gasteiger partial charge on any atom is 0.266 e. The van der Waals surface area contributed by atoms with Gasteiger partial charge < -0.3 is 14.8 Å². The van der Waals surface area contributed by atoms with Gasteiger partial charge in [0.1, 0.15) is 0 Å². The predicted molar refractivity (Wildman–Crippen MR) is 154 cm³/mol. The van der Waals surface area contributed by atoms with Gasteiger partial charge in [0.15, 0.2) is 22.4 Å². The number of amides is 1. The van der Waals surface area contributed by atoms with E-state index in [1.54, 1.807) is 36.4 Å². The Bertz CT molecular complexity index is 1610. The number of benzene rings is 3. The van der Waals surface area contributed by atoms with Crippen LogP contribution in [0.3, 0.4) is 0 Å². The number of hydrogen-bond acceptors (Lipinski definition) is 7. The number of aromatic nitrogens is 2. The Hall–Kier alpha value is -4.11. The SMILES string of the molecule is COc1ccc(C(=O)CSc2nc3cc(C(=O)NC(C)C)ccc3c(=O)n2-c2cc(C)cc(C)c2)cc1OC. The number of Topliss-reactive ketones (excluding diaryl/α,β-unsaturated/α-hetero) is 1. The summed E-state index contributed by atoms with van der Waals surface area (Å²) in [6.07, 6.45) is 0. The third-order valence-corrected chi connectivity index (χ3v) is 6.96. The number of methoxy groups -OCH3 is 2. The van der Waals surface area contributed by atoms with Gasteiger partial charge in [-0.25, -0.2) is 4.98 Å². The molecule has 0 bridgehead atoms. The Morgan fingerprint density at radius 1 is 0.923 bits per heavy atom. The van der Waals surface area contributed by atoms with Crippen LogP contribution in [-0.2, 0) is 0 Å². The fourth-order valence-corrected chi connectivity index (χ4v) is 5.19. The first-order valence-corrected chi connectivity index (χ1v) is 13.4. The number of nitrogens with one attached hydrogen (secondary N) is 1. The third kappa shape index (κ3) is 6.15. The standard InChI is InChI=1S/C30H31N3O5S/c1-17(2)31-28(35)21-7-9-23-24(14-21)32-30(33(29(23)36)22-12-18(3)11-19(4)13-22)39-16-25(34)20-8-10-26(37-5)27(15-20)38-6/h7-15,17H,16H2,1-6H3,(H,31,35). The van der Waals surface area contributed by atoms with Gasteiger partial charge in [-0.15, -0.1) is 0 Å². The van der Waals surface area contributed by atoms with Gasteiger partial charge in [-0.1, -0.05) is 17.8 Å². The minimum absolute atomic E-state index is 0.0335. The van der Waals surface area contributed by atoms with Gasteiger partial charge in [-0.2, -0.15) is 0 Å². The lowest BCUT2D eigenvalue weighted by Gasteiger charge is -2.15. The molecule has 202 valence electrons. The summed E-state index contributed by atoms with van der Waals surface area (Å²) in [5.74, 6) is 0.610. The van der Waals surface area contributed by atoms with E-state index in [-0.39, 0.29) is 29.0 Å². The molecular formula is C30H31N3O5S. The Morgan fingerprint density at radius 2 is 1.59 bits per heavy atom. The van der Waals surface area contributed by atoms with Crippen LogP contribution in [0.1, 0.15) is 45.7 Å². The molecule has 4 aromatic rings. The molecule has 0 radical (unpaired) electrons. The summed E-state index contributed by atoms with van der Waals surface area (Å²) in [4.78, 5) is 44.3. The van der Waals surface area contributed by atoms with E-state index in [0.717, 1.165) is 22.9 Å². The summed E-state index contributed by atoms with van der Waals surface area (Å²) in [6, 6.07) is 15.7. The average molecular weight is 546 g/mol. The van der Waals surface area contributed by atoms with Crippen molar-refractivity contribution in [1.82, 2.24) is 14.9 Å². The lowest BCUT2D eigenvalue weighted by Crippen LogP contribution is -2.30. The van der Waals surface area contributed by atoms with E-state index in [2.05, 4.69) is 5.32 Å². The normalized spacial score (nSPS) is 11.1. The van der Waals surface area contributed by atoms with E-state index in [1.165, 1.54) is 18.8 Å². The molecule has 1 amide bonds. The fourth-order valence-electron chi connectivity index (χ4n) is 4.28. The highest BCUT2D eigenvalue weighted by Crippen LogP contribution is 2.29. The topological polar surface area (TPSA) is 99.5 Å². The smallest absolute Gasteiger partial charge is 0.266 e. The molecule has 0 unspecified atom stereocenters. The maximum absolute atomic E-state index is 13.8. The number of aryl methyl sites for hydroxylation is 2. The number of fused-ring (bicyclic) bond motifs is 1. The van der Waals surface area contributed by atoms with Crippen LogP contribution in [0.5, 0.6) is 11.5 Å². The van der Waals surface area contributed by atoms with E-state index >= 15 is 0 Å². The summed E-state index contributed by atoms with van der Waals surface area (Å²) in [5, 5.41) is 3.59. The van der Waals surface area contributed by atoms with Gasteiger partial charge in [0, 0.05) is 17.2 Å². The highest BCUT2D eigenvalue weighted by atomic mass is 32.2. The van der Waals surface area contributed by atoms with Crippen LogP contribution >= 0.6 is 11.8 Å². The Balaban J connectivity index is 1.79. The average Bonchev–Trinajstić information content (AvgIpc) is 2.90. The van der Waals surface area contributed by atoms with Crippen molar-refractivity contribution in [3.63, 3.8) is 0 Å². The van der Waals surface area contributed by atoms with Crippen molar-refractivity contribution in [1.29, 1.82) is 0 Å². The molecule has 0 saturated carbocycles. The first-order chi connectivity index (χ1) is 18.6. The summed E-state index contributed by atoms with van der Waals surface area (Å²) in [5.41, 5.74) is 3.62. The van der Waals surface area contributed by atoms with E-state index in [1.807, 2.05) is 45.9 Å². The Labute approximate surface area is 231 Å². The first kappa shape index (κ1) is 27.9. The minimum Gasteiger partial charge on any atom is -0.493 e. The summed E-state index contributed by atoms with van der Waals surface area (Å²) < 4.78 is 12.1. The second-order valence-corrected chi connectivity index (χ2v) is 10.5. The number of carbonyl (C=O) groups is 2. The lowest BCUT2D eigenvalue weighted by molar-refractivity contribution is 0.0942. The van der Waals surface area contributed by atoms with Crippen LogP contribution in [0, 0.1) is 13.8 Å². The van der Waals surface area contributed by atoms with Crippen molar-refractivity contribution < 1.29 is 19.1 Å². The molecule has 9 heteroatoms.